The van der Waals surface area contributed by atoms with Crippen LogP contribution in [0.25, 0.3) is 0 Å². The highest BCUT2D eigenvalue weighted by atomic mass is 16.5. The Kier molecular flexibility index (Phi) is 7.24. The van der Waals surface area contributed by atoms with Crippen LogP contribution in [-0.4, -0.2) is 49.1 Å². The maximum atomic E-state index is 12.8. The second-order valence-corrected chi connectivity index (χ2v) is 6.06. The summed E-state index contributed by atoms with van der Waals surface area (Å²) < 4.78 is 15.0. The number of esters is 1. The third kappa shape index (κ3) is 5.06. The summed E-state index contributed by atoms with van der Waals surface area (Å²) in [5, 5.41) is 0. The van der Waals surface area contributed by atoms with Gasteiger partial charge in [-0.2, -0.15) is 0 Å². The van der Waals surface area contributed by atoms with Crippen LogP contribution in [0.15, 0.2) is 10.7 Å². The third-order valence-corrected chi connectivity index (χ3v) is 4.31. The Hall–Kier alpha value is -1.89. The highest BCUT2D eigenvalue weighted by Gasteiger charge is 2.27. The first-order valence-electron chi connectivity index (χ1n) is 8.46. The van der Waals surface area contributed by atoms with Gasteiger partial charge in [0.1, 0.15) is 6.26 Å². The molecule has 0 N–H and O–H groups in total. The van der Waals surface area contributed by atoms with Crippen molar-refractivity contribution in [2.45, 2.75) is 45.1 Å². The highest BCUT2D eigenvalue weighted by molar-refractivity contribution is 5.86. The Labute approximate surface area is 142 Å². The first kappa shape index (κ1) is 18.4. The summed E-state index contributed by atoms with van der Waals surface area (Å²) >= 11 is 0. The van der Waals surface area contributed by atoms with E-state index in [1.54, 1.807) is 12.0 Å². The van der Waals surface area contributed by atoms with Crippen LogP contribution < -0.4 is 0 Å². The predicted molar refractivity (Wildman–Crippen MR) is 86.3 cm³/mol. The molecular weight excluding hydrogens is 312 g/mol. The van der Waals surface area contributed by atoms with Gasteiger partial charge in [0.15, 0.2) is 5.69 Å². The Morgan fingerprint density at radius 2 is 2.04 bits per heavy atom. The van der Waals surface area contributed by atoms with Crippen LogP contribution in [0.5, 0.6) is 0 Å². The molecule has 0 spiro atoms. The molecule has 1 heterocycles. The minimum Gasteiger partial charge on any atom is -0.464 e. The summed E-state index contributed by atoms with van der Waals surface area (Å²) in [4.78, 5) is 30.2. The average molecular weight is 338 g/mol. The minimum atomic E-state index is -0.547. The number of aromatic nitrogens is 1. The molecule has 1 amide bonds. The number of rotatable bonds is 8. The molecule has 7 nitrogen and oxygen atoms in total. The second-order valence-electron chi connectivity index (χ2n) is 6.06. The Bertz CT molecular complexity index is 537. The van der Waals surface area contributed by atoms with Crippen molar-refractivity contribution in [2.75, 3.05) is 27.4 Å². The van der Waals surface area contributed by atoms with Crippen LogP contribution in [0.4, 0.5) is 0 Å². The number of amides is 1. The van der Waals surface area contributed by atoms with E-state index in [0.717, 1.165) is 32.1 Å². The fraction of sp³-hybridized carbons (Fsp3) is 0.706. The van der Waals surface area contributed by atoms with E-state index in [-0.39, 0.29) is 24.1 Å². The van der Waals surface area contributed by atoms with Gasteiger partial charge in [0, 0.05) is 26.2 Å². The van der Waals surface area contributed by atoms with E-state index in [0.29, 0.717) is 19.0 Å². The lowest BCUT2D eigenvalue weighted by Gasteiger charge is -2.28. The largest absolute Gasteiger partial charge is 0.464 e. The minimum absolute atomic E-state index is 0.0799. The van der Waals surface area contributed by atoms with Crippen molar-refractivity contribution in [3.05, 3.63) is 17.8 Å². The molecule has 0 radical (unpaired) electrons. The van der Waals surface area contributed by atoms with Crippen LogP contribution in [0.2, 0.25) is 0 Å². The summed E-state index contributed by atoms with van der Waals surface area (Å²) in [5.74, 6) is 0.0199. The first-order chi connectivity index (χ1) is 11.7. The summed E-state index contributed by atoms with van der Waals surface area (Å²) in [6.45, 7) is 1.43. The molecule has 24 heavy (non-hydrogen) atoms. The fourth-order valence-electron chi connectivity index (χ4n) is 3.02. The van der Waals surface area contributed by atoms with Crippen molar-refractivity contribution in [1.29, 1.82) is 0 Å². The van der Waals surface area contributed by atoms with E-state index < -0.39 is 5.97 Å². The van der Waals surface area contributed by atoms with E-state index in [1.165, 1.54) is 19.8 Å². The third-order valence-electron chi connectivity index (χ3n) is 4.31. The lowest BCUT2D eigenvalue weighted by atomic mass is 9.88. The van der Waals surface area contributed by atoms with Gasteiger partial charge in [0.05, 0.1) is 13.7 Å². The van der Waals surface area contributed by atoms with Gasteiger partial charge in [-0.05, 0) is 19.3 Å². The highest BCUT2D eigenvalue weighted by Crippen LogP contribution is 2.26. The number of carbonyl (C=O) groups excluding carboxylic acids is 2. The molecule has 0 aliphatic heterocycles. The second kappa shape index (κ2) is 9.42. The number of carbonyl (C=O) groups is 2. The molecule has 1 aromatic heterocycles. The number of nitrogens with zero attached hydrogens (tertiary/aromatic N) is 2. The molecule has 1 aliphatic rings. The van der Waals surface area contributed by atoms with Gasteiger partial charge in [-0.25, -0.2) is 9.78 Å². The van der Waals surface area contributed by atoms with Gasteiger partial charge in [-0.1, -0.05) is 19.3 Å². The van der Waals surface area contributed by atoms with E-state index in [9.17, 15) is 9.59 Å². The Morgan fingerprint density at radius 1 is 1.29 bits per heavy atom. The zero-order valence-corrected chi connectivity index (χ0v) is 14.5. The lowest BCUT2D eigenvalue weighted by molar-refractivity contribution is -0.137. The predicted octanol–water partition coefficient (Wildman–Crippen LogP) is 2.41. The van der Waals surface area contributed by atoms with Crippen molar-refractivity contribution in [3.8, 4) is 0 Å². The first-order valence-corrected chi connectivity index (χ1v) is 8.46. The number of oxazole rings is 1. The maximum absolute atomic E-state index is 12.8. The SMILES string of the molecule is COCCCN(Cc1nc(C(=O)OC)co1)C(=O)C1CCCCC1. The summed E-state index contributed by atoms with van der Waals surface area (Å²) in [6, 6.07) is 0. The van der Waals surface area contributed by atoms with Crippen LogP contribution in [0.3, 0.4) is 0 Å². The molecule has 7 heteroatoms. The molecular formula is C17H26N2O5. The van der Waals surface area contributed by atoms with Crippen molar-refractivity contribution in [1.82, 2.24) is 9.88 Å². The smallest absolute Gasteiger partial charge is 0.360 e. The molecule has 134 valence electrons. The Morgan fingerprint density at radius 3 is 2.71 bits per heavy atom. The van der Waals surface area contributed by atoms with E-state index in [1.807, 2.05) is 0 Å². The van der Waals surface area contributed by atoms with Gasteiger partial charge in [-0.15, -0.1) is 0 Å². The molecule has 1 saturated carbocycles. The average Bonchev–Trinajstić information content (AvgIpc) is 3.09. The van der Waals surface area contributed by atoms with Gasteiger partial charge in [0.2, 0.25) is 11.8 Å². The summed E-state index contributed by atoms with van der Waals surface area (Å²) in [6.07, 6.45) is 7.31. The van der Waals surface area contributed by atoms with Crippen LogP contribution in [0, 0.1) is 5.92 Å². The van der Waals surface area contributed by atoms with Crippen LogP contribution >= 0.6 is 0 Å². The zero-order valence-electron chi connectivity index (χ0n) is 14.5. The van der Waals surface area contributed by atoms with Gasteiger partial charge in [0.25, 0.3) is 0 Å². The molecule has 1 aliphatic carbocycles. The number of hydrogen-bond donors (Lipinski definition) is 0. The summed E-state index contributed by atoms with van der Waals surface area (Å²) in [5.41, 5.74) is 0.120. The quantitative estimate of drug-likeness (QED) is 0.535. The summed E-state index contributed by atoms with van der Waals surface area (Å²) in [7, 11) is 2.93. The van der Waals surface area contributed by atoms with Crippen molar-refractivity contribution in [2.24, 2.45) is 5.92 Å². The standard InChI is InChI=1S/C17H26N2O5/c1-22-10-6-9-19(16(20)13-7-4-3-5-8-13)11-15-18-14(12-24-15)17(21)23-2/h12-13H,3-11H2,1-2H3. The molecule has 1 fully saturated rings. The van der Waals surface area contributed by atoms with E-state index in [2.05, 4.69) is 9.72 Å². The molecule has 1 aromatic rings. The topological polar surface area (TPSA) is 81.9 Å². The monoisotopic (exact) mass is 338 g/mol. The molecule has 0 atom stereocenters. The van der Waals surface area contributed by atoms with E-state index in [4.69, 9.17) is 9.15 Å². The Balaban J connectivity index is 2.02. The molecule has 2 rings (SSSR count). The normalized spacial score (nSPS) is 15.2. The van der Waals surface area contributed by atoms with Crippen molar-refractivity contribution in [3.63, 3.8) is 0 Å². The number of ether oxygens (including phenoxy) is 2. The molecule has 0 bridgehead atoms. The van der Waals surface area contributed by atoms with Gasteiger partial charge < -0.3 is 18.8 Å². The van der Waals surface area contributed by atoms with Crippen LogP contribution in [-0.2, 0) is 20.8 Å². The van der Waals surface area contributed by atoms with Gasteiger partial charge >= 0.3 is 5.97 Å². The van der Waals surface area contributed by atoms with E-state index >= 15 is 0 Å². The number of methoxy groups -OCH3 is 2. The van der Waals surface area contributed by atoms with Crippen molar-refractivity contribution >= 4 is 11.9 Å². The lowest BCUT2D eigenvalue weighted by Crippen LogP contribution is -2.37. The van der Waals surface area contributed by atoms with Gasteiger partial charge in [-0.3, -0.25) is 4.79 Å². The molecule has 0 aromatic carbocycles. The van der Waals surface area contributed by atoms with Crippen LogP contribution in [0.1, 0.15) is 54.9 Å². The number of hydrogen-bond acceptors (Lipinski definition) is 6. The molecule has 0 saturated heterocycles. The molecule has 0 unspecified atom stereocenters. The maximum Gasteiger partial charge on any atom is 0.360 e. The van der Waals surface area contributed by atoms with Crippen molar-refractivity contribution < 1.29 is 23.5 Å². The zero-order chi connectivity index (χ0) is 17.4. The fourth-order valence-corrected chi connectivity index (χ4v) is 3.02.